The standard InChI is InChI=1S/C21H20O3Si/c1-22-25(23-2,24-3)20-14-8-13-19-17-10-5-4-9-15(17)16-11-6-7-12-18(16)21(19)20/h4-14H,1-3H3. The van der Waals surface area contributed by atoms with Crippen LogP contribution in [-0.2, 0) is 13.3 Å². The second kappa shape index (κ2) is 6.24. The van der Waals surface area contributed by atoms with Gasteiger partial charge in [0.2, 0.25) is 0 Å². The van der Waals surface area contributed by atoms with Crippen molar-refractivity contribution in [1.29, 1.82) is 0 Å². The van der Waals surface area contributed by atoms with E-state index >= 15 is 0 Å². The van der Waals surface area contributed by atoms with E-state index in [1.807, 2.05) is 0 Å². The van der Waals surface area contributed by atoms with Crippen molar-refractivity contribution in [2.45, 2.75) is 0 Å². The van der Waals surface area contributed by atoms with E-state index < -0.39 is 8.80 Å². The van der Waals surface area contributed by atoms with Gasteiger partial charge in [-0.1, -0.05) is 66.7 Å². The van der Waals surface area contributed by atoms with Crippen molar-refractivity contribution >= 4 is 46.3 Å². The first-order chi connectivity index (χ1) is 12.3. The summed E-state index contributed by atoms with van der Waals surface area (Å²) in [6.07, 6.45) is 0. The zero-order valence-electron chi connectivity index (χ0n) is 14.6. The van der Waals surface area contributed by atoms with Crippen molar-refractivity contribution in [3.63, 3.8) is 0 Å². The minimum atomic E-state index is -2.96. The molecular weight excluding hydrogens is 328 g/mol. The molecule has 25 heavy (non-hydrogen) atoms. The molecule has 0 aliphatic heterocycles. The van der Waals surface area contributed by atoms with Crippen LogP contribution in [0.2, 0.25) is 0 Å². The van der Waals surface area contributed by atoms with Crippen molar-refractivity contribution in [3.8, 4) is 0 Å². The molecule has 0 amide bonds. The number of hydrogen-bond acceptors (Lipinski definition) is 3. The Labute approximate surface area is 148 Å². The minimum Gasteiger partial charge on any atom is -0.373 e. The summed E-state index contributed by atoms with van der Waals surface area (Å²) in [5, 5.41) is 8.23. The average Bonchev–Trinajstić information content (AvgIpc) is 2.70. The van der Waals surface area contributed by atoms with E-state index in [1.54, 1.807) is 21.3 Å². The predicted octanol–water partition coefficient (Wildman–Crippen LogP) is 4.23. The van der Waals surface area contributed by atoms with E-state index in [4.69, 9.17) is 13.3 Å². The van der Waals surface area contributed by atoms with Gasteiger partial charge >= 0.3 is 8.80 Å². The normalized spacial score (nSPS) is 12.3. The Hall–Kier alpha value is -2.24. The second-order valence-corrected chi connectivity index (χ2v) is 8.86. The highest BCUT2D eigenvalue weighted by Crippen LogP contribution is 2.34. The Balaban J connectivity index is 2.29. The predicted molar refractivity (Wildman–Crippen MR) is 105 cm³/mol. The fourth-order valence-electron chi connectivity index (χ4n) is 3.79. The summed E-state index contributed by atoms with van der Waals surface area (Å²) in [5.41, 5.74) is 0. The zero-order chi connectivity index (χ0) is 17.4. The molecule has 0 radical (unpaired) electrons. The molecule has 0 unspecified atom stereocenters. The lowest BCUT2D eigenvalue weighted by molar-refractivity contribution is 0.141. The molecule has 126 valence electrons. The fraction of sp³-hybridized carbons (Fsp3) is 0.143. The van der Waals surface area contributed by atoms with Crippen molar-refractivity contribution in [2.24, 2.45) is 0 Å². The molecule has 0 spiro atoms. The number of hydrogen-bond donors (Lipinski definition) is 0. The molecule has 4 heteroatoms. The lowest BCUT2D eigenvalue weighted by Gasteiger charge is -2.26. The molecule has 0 bridgehead atoms. The molecular formula is C21H20O3Si. The number of benzene rings is 4. The maximum atomic E-state index is 5.79. The Bertz CT molecular complexity index is 1020. The quantitative estimate of drug-likeness (QED) is 0.408. The average molecular weight is 348 g/mol. The molecule has 0 saturated heterocycles. The molecule has 0 aliphatic rings. The van der Waals surface area contributed by atoms with Gasteiger partial charge in [0.05, 0.1) is 0 Å². The number of fused-ring (bicyclic) bond motifs is 6. The Morgan fingerprint density at radius 1 is 0.520 bits per heavy atom. The van der Waals surface area contributed by atoms with E-state index in [-0.39, 0.29) is 0 Å². The van der Waals surface area contributed by atoms with Crippen LogP contribution in [0.5, 0.6) is 0 Å². The first-order valence-corrected chi connectivity index (χ1v) is 9.96. The van der Waals surface area contributed by atoms with Crippen LogP contribution in [-0.4, -0.2) is 30.1 Å². The number of rotatable bonds is 4. The van der Waals surface area contributed by atoms with Crippen LogP contribution in [0.15, 0.2) is 66.7 Å². The van der Waals surface area contributed by atoms with E-state index in [1.165, 1.54) is 26.9 Å². The second-order valence-electron chi connectivity index (χ2n) is 5.99. The summed E-state index contributed by atoms with van der Waals surface area (Å²) >= 11 is 0. The summed E-state index contributed by atoms with van der Waals surface area (Å²) in [5.74, 6) is 0. The third kappa shape index (κ3) is 2.30. The summed E-state index contributed by atoms with van der Waals surface area (Å²) in [6.45, 7) is 0. The molecule has 3 nitrogen and oxygen atoms in total. The van der Waals surface area contributed by atoms with E-state index in [2.05, 4.69) is 66.7 Å². The monoisotopic (exact) mass is 348 g/mol. The van der Waals surface area contributed by atoms with Crippen molar-refractivity contribution in [1.82, 2.24) is 0 Å². The van der Waals surface area contributed by atoms with Crippen molar-refractivity contribution in [2.75, 3.05) is 21.3 Å². The zero-order valence-corrected chi connectivity index (χ0v) is 15.6. The van der Waals surface area contributed by atoms with Crippen LogP contribution >= 0.6 is 0 Å². The smallest absolute Gasteiger partial charge is 0.373 e. The maximum absolute atomic E-state index is 5.79. The van der Waals surface area contributed by atoms with Gasteiger partial charge in [-0.2, -0.15) is 0 Å². The summed E-state index contributed by atoms with van der Waals surface area (Å²) in [7, 11) is 2.00. The Morgan fingerprint density at radius 2 is 0.920 bits per heavy atom. The van der Waals surface area contributed by atoms with Crippen LogP contribution in [0, 0.1) is 0 Å². The highest BCUT2D eigenvalue weighted by molar-refractivity contribution is 6.78. The van der Waals surface area contributed by atoms with Crippen molar-refractivity contribution < 1.29 is 13.3 Å². The minimum absolute atomic E-state index is 0.999. The third-order valence-electron chi connectivity index (χ3n) is 4.90. The molecule has 0 heterocycles. The molecule has 0 fully saturated rings. The molecule has 0 aromatic heterocycles. The van der Waals surface area contributed by atoms with Gasteiger partial charge in [0.25, 0.3) is 0 Å². The van der Waals surface area contributed by atoms with E-state index in [9.17, 15) is 0 Å². The van der Waals surface area contributed by atoms with Crippen LogP contribution in [0.3, 0.4) is 0 Å². The van der Waals surface area contributed by atoms with Gasteiger partial charge in [-0.25, -0.2) is 0 Å². The molecule has 0 N–H and O–H groups in total. The van der Waals surface area contributed by atoms with Crippen LogP contribution in [0.4, 0.5) is 0 Å². The van der Waals surface area contributed by atoms with Gasteiger partial charge < -0.3 is 13.3 Å². The van der Waals surface area contributed by atoms with Gasteiger partial charge in [0.1, 0.15) is 0 Å². The summed E-state index contributed by atoms with van der Waals surface area (Å²) in [4.78, 5) is 0. The van der Waals surface area contributed by atoms with Gasteiger partial charge in [-0.05, 0) is 32.3 Å². The first kappa shape index (κ1) is 16.2. The molecule has 0 aliphatic carbocycles. The molecule has 4 rings (SSSR count). The van der Waals surface area contributed by atoms with Gasteiger partial charge in [0, 0.05) is 26.5 Å². The third-order valence-corrected chi connectivity index (χ3v) is 7.59. The molecule has 0 atom stereocenters. The fourth-order valence-corrected chi connectivity index (χ4v) is 5.83. The van der Waals surface area contributed by atoms with Gasteiger partial charge in [-0.15, -0.1) is 0 Å². The van der Waals surface area contributed by atoms with Crippen LogP contribution in [0.1, 0.15) is 0 Å². The van der Waals surface area contributed by atoms with E-state index in [0.717, 1.165) is 10.6 Å². The molecule has 4 aromatic carbocycles. The first-order valence-electron chi connectivity index (χ1n) is 8.24. The largest absolute Gasteiger partial charge is 0.537 e. The summed E-state index contributed by atoms with van der Waals surface area (Å²) < 4.78 is 17.4. The highest BCUT2D eigenvalue weighted by atomic mass is 28.4. The molecule has 0 saturated carbocycles. The Morgan fingerprint density at radius 3 is 1.40 bits per heavy atom. The highest BCUT2D eigenvalue weighted by Gasteiger charge is 2.42. The van der Waals surface area contributed by atoms with Crippen LogP contribution in [0.25, 0.3) is 32.3 Å². The van der Waals surface area contributed by atoms with Gasteiger partial charge in [-0.3, -0.25) is 0 Å². The lowest BCUT2D eigenvalue weighted by atomic mass is 9.94. The van der Waals surface area contributed by atoms with E-state index in [0.29, 0.717) is 0 Å². The van der Waals surface area contributed by atoms with Crippen molar-refractivity contribution in [3.05, 3.63) is 66.7 Å². The SMILES string of the molecule is CO[Si](OC)(OC)c1cccc2c3ccccc3c3ccccc3c12. The lowest BCUT2D eigenvalue weighted by Crippen LogP contribution is -2.54. The van der Waals surface area contributed by atoms with Crippen LogP contribution < -0.4 is 5.19 Å². The maximum Gasteiger partial charge on any atom is 0.537 e. The Kier molecular flexibility index (Phi) is 4.05. The summed E-state index contributed by atoms with van der Waals surface area (Å²) in [6, 6.07) is 23.3. The topological polar surface area (TPSA) is 27.7 Å². The molecule has 4 aromatic rings. The van der Waals surface area contributed by atoms with Gasteiger partial charge in [0.15, 0.2) is 0 Å².